The Hall–Kier alpha value is -0.720. The van der Waals surface area contributed by atoms with Gasteiger partial charge >= 0.3 is 0 Å². The van der Waals surface area contributed by atoms with Crippen LogP contribution in [0.25, 0.3) is 0 Å². The highest BCUT2D eigenvalue weighted by Gasteiger charge is 2.28. The van der Waals surface area contributed by atoms with E-state index < -0.39 is 23.5 Å². The SMILES string of the molecule is NNC(c1ccc(F)c(F)c1F)C1CCCCS1. The largest absolute Gasteiger partial charge is 0.271 e. The summed E-state index contributed by atoms with van der Waals surface area (Å²) in [7, 11) is 0. The minimum absolute atomic E-state index is 0.0862. The summed E-state index contributed by atoms with van der Waals surface area (Å²) in [6, 6.07) is 1.70. The Balaban J connectivity index is 2.29. The first-order chi connectivity index (χ1) is 8.65. The molecule has 1 aromatic carbocycles. The lowest BCUT2D eigenvalue weighted by Gasteiger charge is -2.29. The molecular weight excluding hydrogens is 261 g/mol. The van der Waals surface area contributed by atoms with Crippen LogP contribution in [0, 0.1) is 17.5 Å². The number of hydrazine groups is 1. The molecule has 3 N–H and O–H groups in total. The molecule has 0 saturated carbocycles. The lowest BCUT2D eigenvalue weighted by Crippen LogP contribution is -2.37. The lowest BCUT2D eigenvalue weighted by molar-refractivity contribution is 0.416. The van der Waals surface area contributed by atoms with Crippen LogP contribution in [0.3, 0.4) is 0 Å². The molecule has 2 rings (SSSR count). The first-order valence-corrected chi connectivity index (χ1v) is 6.91. The van der Waals surface area contributed by atoms with E-state index in [-0.39, 0.29) is 10.8 Å². The predicted molar refractivity (Wildman–Crippen MR) is 66.5 cm³/mol. The molecule has 1 aliphatic heterocycles. The summed E-state index contributed by atoms with van der Waals surface area (Å²) < 4.78 is 39.9. The van der Waals surface area contributed by atoms with Crippen LogP contribution >= 0.6 is 11.8 Å². The first-order valence-electron chi connectivity index (χ1n) is 5.86. The minimum atomic E-state index is -1.44. The van der Waals surface area contributed by atoms with Gasteiger partial charge in [-0.2, -0.15) is 11.8 Å². The highest BCUT2D eigenvalue weighted by Crippen LogP contribution is 2.35. The van der Waals surface area contributed by atoms with Crippen LogP contribution in [0.4, 0.5) is 13.2 Å². The lowest BCUT2D eigenvalue weighted by atomic mass is 9.99. The summed E-state index contributed by atoms with van der Waals surface area (Å²) in [6.07, 6.45) is 3.05. The fraction of sp³-hybridized carbons (Fsp3) is 0.500. The zero-order chi connectivity index (χ0) is 13.1. The zero-order valence-electron chi connectivity index (χ0n) is 9.76. The molecule has 1 aliphatic rings. The van der Waals surface area contributed by atoms with Crippen molar-refractivity contribution in [1.29, 1.82) is 0 Å². The number of benzene rings is 1. The van der Waals surface area contributed by atoms with Gasteiger partial charge in [0.05, 0.1) is 6.04 Å². The molecule has 0 aliphatic carbocycles. The highest BCUT2D eigenvalue weighted by molar-refractivity contribution is 8.00. The van der Waals surface area contributed by atoms with Crippen molar-refractivity contribution in [2.75, 3.05) is 5.75 Å². The summed E-state index contributed by atoms with van der Waals surface area (Å²) in [5.74, 6) is 2.66. The van der Waals surface area contributed by atoms with E-state index in [9.17, 15) is 13.2 Å². The van der Waals surface area contributed by atoms with Gasteiger partial charge in [0.2, 0.25) is 0 Å². The van der Waals surface area contributed by atoms with Gasteiger partial charge in [-0.3, -0.25) is 11.3 Å². The maximum atomic E-state index is 13.7. The summed E-state index contributed by atoms with van der Waals surface area (Å²) in [5, 5.41) is 0.0862. The van der Waals surface area contributed by atoms with Crippen molar-refractivity contribution in [1.82, 2.24) is 5.43 Å². The highest BCUT2D eigenvalue weighted by atomic mass is 32.2. The number of nitrogens with one attached hydrogen (secondary N) is 1. The van der Waals surface area contributed by atoms with E-state index in [1.165, 1.54) is 6.07 Å². The van der Waals surface area contributed by atoms with Crippen molar-refractivity contribution in [3.8, 4) is 0 Å². The fourth-order valence-corrected chi connectivity index (χ4v) is 3.63. The van der Waals surface area contributed by atoms with E-state index in [4.69, 9.17) is 5.84 Å². The van der Waals surface area contributed by atoms with E-state index in [1.54, 1.807) is 11.8 Å². The standard InChI is InChI=1S/C12H15F3N2S/c13-8-5-4-7(10(14)11(8)15)12(17-16)9-3-1-2-6-18-9/h4-5,9,12,17H,1-3,6,16H2. The van der Waals surface area contributed by atoms with E-state index >= 15 is 0 Å². The van der Waals surface area contributed by atoms with Crippen LogP contribution in [0.15, 0.2) is 12.1 Å². The monoisotopic (exact) mass is 276 g/mol. The second-order valence-corrected chi connectivity index (χ2v) is 5.66. The van der Waals surface area contributed by atoms with Crippen molar-refractivity contribution < 1.29 is 13.2 Å². The minimum Gasteiger partial charge on any atom is -0.271 e. The van der Waals surface area contributed by atoms with Crippen molar-refractivity contribution in [2.24, 2.45) is 5.84 Å². The molecule has 100 valence electrons. The molecule has 1 saturated heterocycles. The Bertz CT molecular complexity index is 422. The van der Waals surface area contributed by atoms with Gasteiger partial charge in [0, 0.05) is 10.8 Å². The second kappa shape index (κ2) is 5.95. The number of hydrogen-bond donors (Lipinski definition) is 2. The second-order valence-electron chi connectivity index (χ2n) is 4.31. The predicted octanol–water partition coefficient (Wildman–Crippen LogP) is 2.89. The Morgan fingerprint density at radius 3 is 2.61 bits per heavy atom. The molecule has 1 aromatic rings. The normalized spacial score (nSPS) is 21.9. The Labute approximate surface area is 108 Å². The maximum absolute atomic E-state index is 13.7. The molecule has 2 unspecified atom stereocenters. The van der Waals surface area contributed by atoms with E-state index in [0.29, 0.717) is 0 Å². The number of halogens is 3. The number of hydrogen-bond acceptors (Lipinski definition) is 3. The fourth-order valence-electron chi connectivity index (χ4n) is 2.21. The summed E-state index contributed by atoms with van der Waals surface area (Å²) >= 11 is 1.68. The Kier molecular flexibility index (Phi) is 4.53. The summed E-state index contributed by atoms with van der Waals surface area (Å²) in [6.45, 7) is 0. The van der Waals surface area contributed by atoms with Crippen LogP contribution < -0.4 is 11.3 Å². The van der Waals surface area contributed by atoms with Gasteiger partial charge in [-0.25, -0.2) is 13.2 Å². The van der Waals surface area contributed by atoms with E-state index in [1.807, 2.05) is 0 Å². The van der Waals surface area contributed by atoms with Crippen LogP contribution in [0.5, 0.6) is 0 Å². The summed E-state index contributed by atoms with van der Waals surface area (Å²) in [4.78, 5) is 0. The molecule has 0 amide bonds. The molecule has 1 fully saturated rings. The zero-order valence-corrected chi connectivity index (χ0v) is 10.6. The van der Waals surface area contributed by atoms with Crippen molar-refractivity contribution in [3.63, 3.8) is 0 Å². The van der Waals surface area contributed by atoms with Crippen LogP contribution in [0.1, 0.15) is 30.9 Å². The van der Waals surface area contributed by atoms with Crippen LogP contribution in [-0.4, -0.2) is 11.0 Å². The van der Waals surface area contributed by atoms with Gasteiger partial charge in [-0.1, -0.05) is 12.5 Å². The molecule has 6 heteroatoms. The molecule has 1 heterocycles. The van der Waals surface area contributed by atoms with Crippen LogP contribution in [-0.2, 0) is 0 Å². The van der Waals surface area contributed by atoms with Crippen molar-refractivity contribution in [2.45, 2.75) is 30.6 Å². The van der Waals surface area contributed by atoms with Gasteiger partial charge in [0.25, 0.3) is 0 Å². The van der Waals surface area contributed by atoms with Crippen molar-refractivity contribution in [3.05, 3.63) is 35.1 Å². The number of nitrogens with two attached hydrogens (primary N) is 1. The number of thioether (sulfide) groups is 1. The van der Waals surface area contributed by atoms with Gasteiger partial charge < -0.3 is 0 Å². The third-order valence-corrected chi connectivity index (χ3v) is 4.63. The third-order valence-electron chi connectivity index (χ3n) is 3.17. The molecule has 0 spiro atoms. The van der Waals surface area contributed by atoms with Gasteiger partial charge in [0.15, 0.2) is 17.5 Å². The molecule has 18 heavy (non-hydrogen) atoms. The van der Waals surface area contributed by atoms with Gasteiger partial charge in [0.1, 0.15) is 0 Å². The molecular formula is C12H15F3N2S. The van der Waals surface area contributed by atoms with Gasteiger partial charge in [-0.05, 0) is 24.7 Å². The Morgan fingerprint density at radius 2 is 2.00 bits per heavy atom. The smallest absolute Gasteiger partial charge is 0.194 e. The average molecular weight is 276 g/mol. The number of rotatable bonds is 3. The molecule has 2 nitrogen and oxygen atoms in total. The maximum Gasteiger partial charge on any atom is 0.194 e. The van der Waals surface area contributed by atoms with Gasteiger partial charge in [-0.15, -0.1) is 0 Å². The molecule has 0 bridgehead atoms. The molecule has 0 radical (unpaired) electrons. The molecule has 2 atom stereocenters. The van der Waals surface area contributed by atoms with E-state index in [0.717, 1.165) is 31.1 Å². The molecule has 0 aromatic heterocycles. The Morgan fingerprint density at radius 1 is 1.22 bits per heavy atom. The van der Waals surface area contributed by atoms with Crippen LogP contribution in [0.2, 0.25) is 0 Å². The summed E-state index contributed by atoms with van der Waals surface area (Å²) in [5.41, 5.74) is 2.62. The topological polar surface area (TPSA) is 38.0 Å². The van der Waals surface area contributed by atoms with E-state index in [2.05, 4.69) is 5.43 Å². The average Bonchev–Trinajstić information content (AvgIpc) is 2.41. The quantitative estimate of drug-likeness (QED) is 0.506. The van der Waals surface area contributed by atoms with Crippen molar-refractivity contribution >= 4 is 11.8 Å². The first kappa shape index (κ1) is 13.7. The third kappa shape index (κ3) is 2.65.